The van der Waals surface area contributed by atoms with Gasteiger partial charge in [-0.25, -0.2) is 0 Å². The lowest BCUT2D eigenvalue weighted by molar-refractivity contribution is -0.385. The molecule has 0 spiro atoms. The highest BCUT2D eigenvalue weighted by molar-refractivity contribution is 5.85. The predicted octanol–water partition coefficient (Wildman–Crippen LogP) is 2.31. The Hall–Kier alpha value is -1.66. The van der Waals surface area contributed by atoms with E-state index in [1.54, 1.807) is 19.1 Å². The largest absolute Gasteiger partial charge is 0.351 e. The standard InChI is InChI=1S/C14H21N3O3.ClH/c1-9-10(6-5-7-11(9)17(19)20)8-16-13(18)12(15)14(2,3)4;/h5-7,12H,8,15H2,1-4H3,(H,16,18);1H/t12-;/m1./s1. The van der Waals surface area contributed by atoms with Crippen molar-refractivity contribution in [3.8, 4) is 0 Å². The lowest BCUT2D eigenvalue weighted by Gasteiger charge is -2.25. The summed E-state index contributed by atoms with van der Waals surface area (Å²) in [7, 11) is 0. The van der Waals surface area contributed by atoms with E-state index < -0.39 is 11.0 Å². The van der Waals surface area contributed by atoms with Crippen molar-refractivity contribution < 1.29 is 9.72 Å². The van der Waals surface area contributed by atoms with Crippen LogP contribution in [0.15, 0.2) is 18.2 Å². The molecule has 0 fully saturated rings. The summed E-state index contributed by atoms with van der Waals surface area (Å²) >= 11 is 0. The lowest BCUT2D eigenvalue weighted by atomic mass is 9.87. The van der Waals surface area contributed by atoms with Crippen LogP contribution >= 0.6 is 12.4 Å². The summed E-state index contributed by atoms with van der Waals surface area (Å²) in [5, 5.41) is 13.6. The average Bonchev–Trinajstić information content (AvgIpc) is 2.34. The predicted molar refractivity (Wildman–Crippen MR) is 84.4 cm³/mol. The molecule has 1 aromatic carbocycles. The van der Waals surface area contributed by atoms with Crippen molar-refractivity contribution >= 4 is 24.0 Å². The minimum atomic E-state index is -0.624. The Morgan fingerprint density at radius 1 is 1.43 bits per heavy atom. The summed E-state index contributed by atoms with van der Waals surface area (Å²) in [6, 6.07) is 4.19. The number of nitro groups is 1. The molecule has 0 aliphatic heterocycles. The number of benzene rings is 1. The topological polar surface area (TPSA) is 98.3 Å². The van der Waals surface area contributed by atoms with Crippen molar-refractivity contribution in [3.63, 3.8) is 0 Å². The number of halogens is 1. The molecule has 0 saturated carbocycles. The Morgan fingerprint density at radius 3 is 2.48 bits per heavy atom. The molecule has 1 atom stereocenters. The molecule has 1 aromatic rings. The van der Waals surface area contributed by atoms with Gasteiger partial charge in [-0.3, -0.25) is 14.9 Å². The zero-order chi connectivity index (χ0) is 15.5. The molecule has 21 heavy (non-hydrogen) atoms. The quantitative estimate of drug-likeness (QED) is 0.658. The number of amides is 1. The smallest absolute Gasteiger partial charge is 0.272 e. The molecule has 0 radical (unpaired) electrons. The van der Waals surface area contributed by atoms with Crippen LogP contribution in [-0.2, 0) is 11.3 Å². The molecule has 0 aliphatic carbocycles. The highest BCUT2D eigenvalue weighted by atomic mass is 35.5. The summed E-state index contributed by atoms with van der Waals surface area (Å²) in [5.41, 5.74) is 6.85. The van der Waals surface area contributed by atoms with E-state index in [0.29, 0.717) is 11.1 Å². The molecule has 3 N–H and O–H groups in total. The maximum Gasteiger partial charge on any atom is 0.272 e. The van der Waals surface area contributed by atoms with Gasteiger partial charge in [-0.1, -0.05) is 32.9 Å². The van der Waals surface area contributed by atoms with E-state index in [1.807, 2.05) is 20.8 Å². The Labute approximate surface area is 130 Å². The Kier molecular flexibility index (Phi) is 6.79. The van der Waals surface area contributed by atoms with Gasteiger partial charge in [0.2, 0.25) is 5.91 Å². The van der Waals surface area contributed by atoms with E-state index in [0.717, 1.165) is 0 Å². The van der Waals surface area contributed by atoms with Crippen LogP contribution < -0.4 is 11.1 Å². The van der Waals surface area contributed by atoms with Crippen LogP contribution in [0.1, 0.15) is 31.9 Å². The van der Waals surface area contributed by atoms with Crippen LogP contribution in [0.4, 0.5) is 5.69 Å². The molecule has 0 aromatic heterocycles. The number of hydrogen-bond donors (Lipinski definition) is 2. The lowest BCUT2D eigenvalue weighted by Crippen LogP contribution is -2.48. The van der Waals surface area contributed by atoms with E-state index in [-0.39, 0.29) is 36.0 Å². The van der Waals surface area contributed by atoms with Crippen molar-refractivity contribution in [3.05, 3.63) is 39.4 Å². The number of rotatable bonds is 4. The molecule has 0 unspecified atom stereocenters. The van der Waals surface area contributed by atoms with Gasteiger partial charge in [0.15, 0.2) is 0 Å². The normalized spacial score (nSPS) is 12.2. The Morgan fingerprint density at radius 2 is 2.00 bits per heavy atom. The van der Waals surface area contributed by atoms with Crippen LogP contribution in [0.25, 0.3) is 0 Å². The minimum Gasteiger partial charge on any atom is -0.351 e. The van der Waals surface area contributed by atoms with Crippen molar-refractivity contribution in [2.75, 3.05) is 0 Å². The van der Waals surface area contributed by atoms with Crippen LogP contribution in [0.2, 0.25) is 0 Å². The maximum absolute atomic E-state index is 11.9. The van der Waals surface area contributed by atoms with E-state index in [2.05, 4.69) is 5.32 Å². The SMILES string of the molecule is Cc1c(CNC(=O)[C@@H](N)C(C)(C)C)cccc1[N+](=O)[O-].Cl. The molecular weight excluding hydrogens is 294 g/mol. The van der Waals surface area contributed by atoms with Gasteiger partial charge in [0.05, 0.1) is 11.0 Å². The Balaban J connectivity index is 0.00000400. The molecule has 0 aliphatic rings. The van der Waals surface area contributed by atoms with Crippen LogP contribution in [0, 0.1) is 22.5 Å². The number of nitrogens with two attached hydrogens (primary N) is 1. The van der Waals surface area contributed by atoms with Crippen molar-refractivity contribution in [2.45, 2.75) is 40.3 Å². The summed E-state index contributed by atoms with van der Waals surface area (Å²) in [6.07, 6.45) is 0. The Bertz CT molecular complexity index is 527. The highest BCUT2D eigenvalue weighted by Gasteiger charge is 2.27. The molecule has 0 bridgehead atoms. The number of carbonyl (C=O) groups is 1. The first-order valence-corrected chi connectivity index (χ1v) is 6.40. The molecule has 7 heteroatoms. The average molecular weight is 316 g/mol. The van der Waals surface area contributed by atoms with Gasteiger partial charge in [-0.15, -0.1) is 12.4 Å². The van der Waals surface area contributed by atoms with E-state index in [1.165, 1.54) is 6.07 Å². The number of nitrogens with zero attached hydrogens (tertiary/aromatic N) is 1. The highest BCUT2D eigenvalue weighted by Crippen LogP contribution is 2.21. The van der Waals surface area contributed by atoms with Crippen LogP contribution in [0.3, 0.4) is 0 Å². The monoisotopic (exact) mass is 315 g/mol. The second-order valence-electron chi connectivity index (χ2n) is 5.88. The van der Waals surface area contributed by atoms with Gasteiger partial charge in [0.25, 0.3) is 5.69 Å². The van der Waals surface area contributed by atoms with Gasteiger partial charge in [-0.2, -0.15) is 0 Å². The van der Waals surface area contributed by atoms with Crippen molar-refractivity contribution in [1.82, 2.24) is 5.32 Å². The first-order valence-electron chi connectivity index (χ1n) is 6.40. The molecule has 1 amide bonds. The summed E-state index contributed by atoms with van der Waals surface area (Å²) in [6.45, 7) is 7.56. The fourth-order valence-corrected chi connectivity index (χ4v) is 1.74. The molecular formula is C14H22ClN3O3. The van der Waals surface area contributed by atoms with Crippen molar-refractivity contribution in [2.24, 2.45) is 11.1 Å². The van der Waals surface area contributed by atoms with Gasteiger partial charge in [0.1, 0.15) is 0 Å². The van der Waals surface area contributed by atoms with E-state index in [4.69, 9.17) is 5.73 Å². The number of carbonyl (C=O) groups excluding carboxylic acids is 1. The van der Waals surface area contributed by atoms with Crippen LogP contribution in [0.5, 0.6) is 0 Å². The summed E-state index contributed by atoms with van der Waals surface area (Å²) < 4.78 is 0. The second kappa shape index (κ2) is 7.38. The fraction of sp³-hybridized carbons (Fsp3) is 0.500. The number of nitro benzene ring substituents is 1. The van der Waals surface area contributed by atoms with Gasteiger partial charge in [-0.05, 0) is 17.9 Å². The van der Waals surface area contributed by atoms with Crippen molar-refractivity contribution in [1.29, 1.82) is 0 Å². The molecule has 1 rings (SSSR count). The van der Waals surface area contributed by atoms with Gasteiger partial charge < -0.3 is 11.1 Å². The first kappa shape index (κ1) is 19.3. The summed E-state index contributed by atoms with van der Waals surface area (Å²) in [5.74, 6) is -0.261. The van der Waals surface area contributed by atoms with E-state index >= 15 is 0 Å². The summed E-state index contributed by atoms with van der Waals surface area (Å²) in [4.78, 5) is 22.3. The molecule has 118 valence electrons. The third-order valence-corrected chi connectivity index (χ3v) is 3.28. The van der Waals surface area contributed by atoms with Crippen LogP contribution in [-0.4, -0.2) is 16.9 Å². The first-order chi connectivity index (χ1) is 9.14. The third-order valence-electron chi connectivity index (χ3n) is 3.28. The fourth-order valence-electron chi connectivity index (χ4n) is 1.74. The zero-order valence-electron chi connectivity index (χ0n) is 12.7. The number of hydrogen-bond acceptors (Lipinski definition) is 4. The minimum absolute atomic E-state index is 0. The van der Waals surface area contributed by atoms with Gasteiger partial charge >= 0.3 is 0 Å². The zero-order valence-corrected chi connectivity index (χ0v) is 13.5. The third kappa shape index (κ3) is 4.99. The molecule has 0 heterocycles. The molecule has 0 saturated heterocycles. The molecule has 6 nitrogen and oxygen atoms in total. The van der Waals surface area contributed by atoms with E-state index in [9.17, 15) is 14.9 Å². The second-order valence-corrected chi connectivity index (χ2v) is 5.88. The number of nitrogens with one attached hydrogen (secondary N) is 1. The maximum atomic E-state index is 11.9. The van der Waals surface area contributed by atoms with Gasteiger partial charge in [0, 0.05) is 18.2 Å².